The highest BCUT2D eigenvalue weighted by Crippen LogP contribution is 2.15. The van der Waals surface area contributed by atoms with Crippen LogP contribution in [-0.2, 0) is 0 Å². The van der Waals surface area contributed by atoms with Gasteiger partial charge >= 0.3 is 0 Å². The van der Waals surface area contributed by atoms with Crippen LogP contribution in [0.1, 0.15) is 200 Å². The molecule has 0 bridgehead atoms. The standard InChI is InChI=1S/C33H66/c1-3-5-7-9-11-13-15-17-19-21-23-25-27-29-31-33-32-30-28-26-24-22-20-18-16-14-12-10-8-6-4-2/h27,29H,3-26,28,30-33H2,1-2H3/b29-27+. The van der Waals surface area contributed by atoms with E-state index in [9.17, 15) is 0 Å². The first-order chi connectivity index (χ1) is 16.4. The highest BCUT2D eigenvalue weighted by Gasteiger charge is 1.95. The summed E-state index contributed by atoms with van der Waals surface area (Å²) >= 11 is 0. The summed E-state index contributed by atoms with van der Waals surface area (Å²) in [5.74, 6) is 0. The van der Waals surface area contributed by atoms with E-state index in [0.717, 1.165) is 0 Å². The molecule has 0 saturated heterocycles. The minimum atomic E-state index is 1.32. The van der Waals surface area contributed by atoms with Gasteiger partial charge in [-0.2, -0.15) is 0 Å². The molecule has 0 spiro atoms. The molecule has 0 aromatic rings. The first kappa shape index (κ1) is 32.7. The number of allylic oxidation sites excluding steroid dienone is 2. The van der Waals surface area contributed by atoms with Gasteiger partial charge in [0.25, 0.3) is 0 Å². The van der Waals surface area contributed by atoms with Crippen molar-refractivity contribution in [2.24, 2.45) is 0 Å². The van der Waals surface area contributed by atoms with E-state index in [1.165, 1.54) is 186 Å². The van der Waals surface area contributed by atoms with Crippen molar-refractivity contribution < 1.29 is 0 Å². The van der Waals surface area contributed by atoms with Crippen molar-refractivity contribution in [3.8, 4) is 0 Å². The lowest BCUT2D eigenvalue weighted by molar-refractivity contribution is 0.530. The molecule has 0 amide bonds. The highest BCUT2D eigenvalue weighted by molar-refractivity contribution is 4.81. The zero-order chi connectivity index (χ0) is 23.9. The summed E-state index contributed by atoms with van der Waals surface area (Å²) in [6.07, 6.45) is 46.9. The summed E-state index contributed by atoms with van der Waals surface area (Å²) in [5.41, 5.74) is 0. The molecule has 0 radical (unpaired) electrons. The quantitative estimate of drug-likeness (QED) is 0.0765. The van der Waals surface area contributed by atoms with Gasteiger partial charge in [0.1, 0.15) is 0 Å². The van der Waals surface area contributed by atoms with Gasteiger partial charge in [0.05, 0.1) is 0 Å². The monoisotopic (exact) mass is 463 g/mol. The first-order valence-corrected chi connectivity index (χ1v) is 16.1. The van der Waals surface area contributed by atoms with Crippen LogP contribution >= 0.6 is 0 Å². The summed E-state index contributed by atoms with van der Waals surface area (Å²) in [5, 5.41) is 0. The minimum absolute atomic E-state index is 1.32. The third kappa shape index (κ3) is 31.7. The second kappa shape index (κ2) is 31.7. The number of unbranched alkanes of at least 4 members (excludes halogenated alkanes) is 27. The van der Waals surface area contributed by atoms with E-state index >= 15 is 0 Å². The van der Waals surface area contributed by atoms with Gasteiger partial charge in [-0.05, 0) is 25.7 Å². The van der Waals surface area contributed by atoms with Crippen LogP contribution in [0.5, 0.6) is 0 Å². The number of rotatable bonds is 29. The molecule has 0 N–H and O–H groups in total. The Balaban J connectivity index is 3.06. The molecule has 198 valence electrons. The van der Waals surface area contributed by atoms with Crippen molar-refractivity contribution in [2.75, 3.05) is 0 Å². The molecule has 0 aromatic heterocycles. The summed E-state index contributed by atoms with van der Waals surface area (Å²) < 4.78 is 0. The molecule has 0 heteroatoms. The third-order valence-corrected chi connectivity index (χ3v) is 7.37. The largest absolute Gasteiger partial charge is 0.0885 e. The SMILES string of the molecule is CCCCCCCCCCCCC/C=C/CCCCCCCCCCCCCCCCCC. The molecule has 0 saturated carbocycles. The summed E-state index contributed by atoms with van der Waals surface area (Å²) in [6.45, 7) is 4.61. The predicted octanol–water partition coefficient (Wildman–Crippen LogP) is 12.9. The molecule has 0 heterocycles. The lowest BCUT2D eigenvalue weighted by Crippen LogP contribution is -1.83. The van der Waals surface area contributed by atoms with Crippen molar-refractivity contribution in [3.63, 3.8) is 0 Å². The minimum Gasteiger partial charge on any atom is -0.0885 e. The Morgan fingerprint density at radius 1 is 0.242 bits per heavy atom. The molecule has 0 unspecified atom stereocenters. The fraction of sp³-hybridized carbons (Fsp3) is 0.939. The second-order valence-corrected chi connectivity index (χ2v) is 10.9. The first-order valence-electron chi connectivity index (χ1n) is 16.1. The molecule has 0 nitrogen and oxygen atoms in total. The Labute approximate surface area is 212 Å². The highest BCUT2D eigenvalue weighted by atomic mass is 14.0. The maximum absolute atomic E-state index is 2.46. The van der Waals surface area contributed by atoms with Crippen LogP contribution in [0.2, 0.25) is 0 Å². The molecular formula is C33H66. The average Bonchev–Trinajstić information content (AvgIpc) is 2.83. The maximum atomic E-state index is 2.46. The smallest absolute Gasteiger partial charge is 0.0351 e. The Bertz CT molecular complexity index is 342. The lowest BCUT2D eigenvalue weighted by Gasteiger charge is -2.03. The van der Waals surface area contributed by atoms with Gasteiger partial charge in [0, 0.05) is 0 Å². The van der Waals surface area contributed by atoms with Gasteiger partial charge in [0.2, 0.25) is 0 Å². The van der Waals surface area contributed by atoms with Crippen LogP contribution in [0.4, 0.5) is 0 Å². The zero-order valence-corrected chi connectivity index (χ0v) is 23.7. The molecule has 0 atom stereocenters. The van der Waals surface area contributed by atoms with E-state index in [1.807, 2.05) is 0 Å². The maximum Gasteiger partial charge on any atom is -0.0351 e. The van der Waals surface area contributed by atoms with Crippen LogP contribution in [0, 0.1) is 0 Å². The molecule has 33 heavy (non-hydrogen) atoms. The number of hydrogen-bond acceptors (Lipinski definition) is 0. The Morgan fingerprint density at radius 3 is 0.636 bits per heavy atom. The molecule has 0 aliphatic carbocycles. The van der Waals surface area contributed by atoms with E-state index in [1.54, 1.807) is 0 Å². The van der Waals surface area contributed by atoms with E-state index in [-0.39, 0.29) is 0 Å². The fourth-order valence-corrected chi connectivity index (χ4v) is 4.97. The molecule has 0 aliphatic rings. The van der Waals surface area contributed by atoms with Crippen LogP contribution in [0.15, 0.2) is 12.2 Å². The van der Waals surface area contributed by atoms with Crippen molar-refractivity contribution in [1.82, 2.24) is 0 Å². The average molecular weight is 463 g/mol. The molecular weight excluding hydrogens is 396 g/mol. The van der Waals surface area contributed by atoms with E-state index in [0.29, 0.717) is 0 Å². The Kier molecular flexibility index (Phi) is 31.5. The summed E-state index contributed by atoms with van der Waals surface area (Å²) in [7, 11) is 0. The van der Waals surface area contributed by atoms with Crippen LogP contribution in [-0.4, -0.2) is 0 Å². The fourth-order valence-electron chi connectivity index (χ4n) is 4.97. The van der Waals surface area contributed by atoms with E-state index < -0.39 is 0 Å². The normalized spacial score (nSPS) is 11.7. The Hall–Kier alpha value is -0.260. The second-order valence-electron chi connectivity index (χ2n) is 10.9. The molecule has 0 fully saturated rings. The van der Waals surface area contributed by atoms with Gasteiger partial charge in [-0.15, -0.1) is 0 Å². The van der Waals surface area contributed by atoms with Crippen molar-refractivity contribution in [1.29, 1.82) is 0 Å². The van der Waals surface area contributed by atoms with Gasteiger partial charge in [-0.1, -0.05) is 187 Å². The van der Waals surface area contributed by atoms with Gasteiger partial charge in [-0.3, -0.25) is 0 Å². The predicted molar refractivity (Wildman–Crippen MR) is 154 cm³/mol. The molecule has 0 aliphatic heterocycles. The molecule has 0 rings (SSSR count). The van der Waals surface area contributed by atoms with Crippen LogP contribution in [0.3, 0.4) is 0 Å². The topological polar surface area (TPSA) is 0 Å². The van der Waals surface area contributed by atoms with Crippen molar-refractivity contribution >= 4 is 0 Å². The Morgan fingerprint density at radius 2 is 0.424 bits per heavy atom. The van der Waals surface area contributed by atoms with Gasteiger partial charge in [-0.25, -0.2) is 0 Å². The van der Waals surface area contributed by atoms with E-state index in [4.69, 9.17) is 0 Å². The van der Waals surface area contributed by atoms with Gasteiger partial charge < -0.3 is 0 Å². The van der Waals surface area contributed by atoms with Crippen LogP contribution < -0.4 is 0 Å². The summed E-state index contributed by atoms with van der Waals surface area (Å²) in [6, 6.07) is 0. The van der Waals surface area contributed by atoms with Crippen molar-refractivity contribution in [2.45, 2.75) is 200 Å². The zero-order valence-electron chi connectivity index (χ0n) is 23.7. The van der Waals surface area contributed by atoms with Gasteiger partial charge in [0.15, 0.2) is 0 Å². The lowest BCUT2D eigenvalue weighted by atomic mass is 10.0. The summed E-state index contributed by atoms with van der Waals surface area (Å²) in [4.78, 5) is 0. The van der Waals surface area contributed by atoms with E-state index in [2.05, 4.69) is 26.0 Å². The third-order valence-electron chi connectivity index (χ3n) is 7.37. The van der Waals surface area contributed by atoms with Crippen molar-refractivity contribution in [3.05, 3.63) is 12.2 Å². The molecule has 0 aromatic carbocycles. The van der Waals surface area contributed by atoms with Crippen LogP contribution in [0.25, 0.3) is 0 Å². The number of hydrogen-bond donors (Lipinski definition) is 0.